The van der Waals surface area contributed by atoms with E-state index in [9.17, 15) is 9.59 Å². The van der Waals surface area contributed by atoms with Crippen molar-refractivity contribution >= 4 is 17.8 Å². The zero-order chi connectivity index (χ0) is 23.9. The van der Waals surface area contributed by atoms with Gasteiger partial charge in [-0.05, 0) is 90.1 Å². The van der Waals surface area contributed by atoms with Crippen molar-refractivity contribution in [2.45, 2.75) is 44.7 Å². The summed E-state index contributed by atoms with van der Waals surface area (Å²) in [7, 11) is 1.93. The monoisotopic (exact) mass is 457 g/mol. The molecule has 9 heteroatoms. The Morgan fingerprint density at radius 3 is 2.55 bits per heavy atom. The molecular weight excluding hydrogens is 418 g/mol. The second-order valence-electron chi connectivity index (χ2n) is 8.29. The molecule has 182 valence electrons. The summed E-state index contributed by atoms with van der Waals surface area (Å²) in [5.74, 6) is 0.476. The van der Waals surface area contributed by atoms with Gasteiger partial charge in [-0.25, -0.2) is 4.79 Å². The van der Waals surface area contributed by atoms with Crippen molar-refractivity contribution in [3.05, 3.63) is 52.6 Å². The summed E-state index contributed by atoms with van der Waals surface area (Å²) in [6.45, 7) is 5.71. The highest BCUT2D eigenvalue weighted by Crippen LogP contribution is 2.14. The molecule has 0 amide bonds. The Morgan fingerprint density at radius 2 is 1.91 bits per heavy atom. The molecule has 0 radical (unpaired) electrons. The fourth-order valence-electron chi connectivity index (χ4n) is 3.58. The van der Waals surface area contributed by atoms with Crippen LogP contribution in [0, 0.1) is 0 Å². The third-order valence-electron chi connectivity index (χ3n) is 5.56. The highest BCUT2D eigenvalue weighted by Gasteiger charge is 2.15. The van der Waals surface area contributed by atoms with E-state index in [0.717, 1.165) is 76.8 Å². The molecule has 9 nitrogen and oxygen atoms in total. The molecule has 6 N–H and O–H groups in total. The van der Waals surface area contributed by atoms with Gasteiger partial charge in [0.1, 0.15) is 12.1 Å². The highest BCUT2D eigenvalue weighted by molar-refractivity contribution is 5.77. The van der Waals surface area contributed by atoms with Crippen molar-refractivity contribution in [2.24, 2.45) is 11.5 Å². The molecule has 3 rings (SSSR count). The number of nitrogens with zero attached hydrogens (tertiary/aromatic N) is 3. The van der Waals surface area contributed by atoms with Crippen LogP contribution in [0.1, 0.15) is 42.5 Å². The largest absolute Gasteiger partial charge is 0.349 e. The van der Waals surface area contributed by atoms with Crippen molar-refractivity contribution < 1.29 is 4.79 Å². The van der Waals surface area contributed by atoms with Gasteiger partial charge in [-0.3, -0.25) is 9.36 Å². The van der Waals surface area contributed by atoms with Gasteiger partial charge in [0.15, 0.2) is 0 Å². The summed E-state index contributed by atoms with van der Waals surface area (Å²) in [5.41, 5.74) is 12.1. The Morgan fingerprint density at radius 1 is 1.15 bits per heavy atom. The second kappa shape index (κ2) is 15.3. The molecule has 0 saturated carbocycles. The third kappa shape index (κ3) is 10.3. The first kappa shape index (κ1) is 26.7. The van der Waals surface area contributed by atoms with Gasteiger partial charge in [0.2, 0.25) is 0 Å². The Kier molecular flexibility index (Phi) is 12.3. The molecular formula is C24H39N7O2. The Labute approximate surface area is 196 Å². The predicted molar refractivity (Wildman–Crippen MR) is 134 cm³/mol. The number of benzene rings is 1. The third-order valence-corrected chi connectivity index (χ3v) is 5.56. The molecule has 1 aromatic heterocycles. The molecule has 0 unspecified atom stereocenters. The maximum absolute atomic E-state index is 12.2. The van der Waals surface area contributed by atoms with E-state index in [4.69, 9.17) is 11.5 Å². The predicted octanol–water partition coefficient (Wildman–Crippen LogP) is 1.56. The number of nitrogens with one attached hydrogen (secondary N) is 2. The molecule has 1 aliphatic rings. The van der Waals surface area contributed by atoms with Crippen molar-refractivity contribution in [2.75, 3.05) is 45.1 Å². The maximum atomic E-state index is 12.2. The van der Waals surface area contributed by atoms with Crippen LogP contribution in [0.2, 0.25) is 0 Å². The number of likely N-dealkylation sites (tertiary alicyclic amines) is 1. The van der Waals surface area contributed by atoms with E-state index in [0.29, 0.717) is 24.0 Å². The lowest BCUT2D eigenvalue weighted by Gasteiger charge is -2.29. The molecule has 0 atom stereocenters. The van der Waals surface area contributed by atoms with E-state index >= 15 is 0 Å². The van der Waals surface area contributed by atoms with Gasteiger partial charge in [-0.1, -0.05) is 12.1 Å². The van der Waals surface area contributed by atoms with E-state index in [2.05, 4.69) is 20.5 Å². The number of rotatable bonds is 11. The molecule has 1 aromatic carbocycles. The van der Waals surface area contributed by atoms with Gasteiger partial charge in [0.25, 0.3) is 0 Å². The van der Waals surface area contributed by atoms with E-state index in [1.807, 2.05) is 13.1 Å². The van der Waals surface area contributed by atoms with Crippen LogP contribution < -0.4 is 27.8 Å². The fraction of sp³-hybridized carbons (Fsp3) is 0.542. The summed E-state index contributed by atoms with van der Waals surface area (Å²) in [6, 6.07) is 9.19. The molecule has 33 heavy (non-hydrogen) atoms. The number of aldehydes is 1. The molecule has 0 spiro atoms. The van der Waals surface area contributed by atoms with Gasteiger partial charge in [-0.15, -0.1) is 0 Å². The van der Waals surface area contributed by atoms with Crippen LogP contribution in [0.25, 0.3) is 0 Å². The fourth-order valence-corrected chi connectivity index (χ4v) is 3.58. The van der Waals surface area contributed by atoms with Crippen LogP contribution in [0.15, 0.2) is 41.3 Å². The first-order chi connectivity index (χ1) is 16.0. The minimum absolute atomic E-state index is 0.268. The lowest BCUT2D eigenvalue weighted by molar-refractivity contribution is 0.112. The van der Waals surface area contributed by atoms with Crippen molar-refractivity contribution in [1.82, 2.24) is 19.8 Å². The number of aryl methyl sites for hydroxylation is 1. The molecule has 2 aromatic rings. The quantitative estimate of drug-likeness (QED) is 0.295. The summed E-state index contributed by atoms with van der Waals surface area (Å²) < 4.78 is 1.64. The van der Waals surface area contributed by atoms with E-state index in [1.165, 1.54) is 0 Å². The zero-order valence-electron chi connectivity index (χ0n) is 19.7. The normalized spacial score (nSPS) is 14.4. The highest BCUT2D eigenvalue weighted by atomic mass is 16.1. The maximum Gasteiger partial charge on any atom is 0.349 e. The van der Waals surface area contributed by atoms with Crippen LogP contribution in [0.5, 0.6) is 0 Å². The molecule has 1 saturated heterocycles. The van der Waals surface area contributed by atoms with E-state index in [1.54, 1.807) is 35.0 Å². The van der Waals surface area contributed by atoms with E-state index < -0.39 is 0 Å². The van der Waals surface area contributed by atoms with E-state index in [-0.39, 0.29) is 5.69 Å². The van der Waals surface area contributed by atoms with Crippen LogP contribution in [0.3, 0.4) is 0 Å². The number of hydrogen-bond donors (Lipinski definition) is 4. The lowest BCUT2D eigenvalue weighted by atomic mass is 10.1. The molecule has 1 fully saturated rings. The molecule has 0 aliphatic carbocycles. The van der Waals surface area contributed by atoms with Crippen LogP contribution in [-0.2, 0) is 6.54 Å². The smallest absolute Gasteiger partial charge is 0.340 e. The first-order valence-electron chi connectivity index (χ1n) is 11.8. The summed E-state index contributed by atoms with van der Waals surface area (Å²) >= 11 is 0. The summed E-state index contributed by atoms with van der Waals surface area (Å²) in [6.07, 6.45) is 7.78. The van der Waals surface area contributed by atoms with Crippen molar-refractivity contribution in [1.29, 1.82) is 0 Å². The number of carbonyl (C=O) groups excluding carboxylic acids is 1. The Balaban J connectivity index is 0.000000569. The van der Waals surface area contributed by atoms with Crippen LogP contribution in [0.4, 0.5) is 11.5 Å². The molecule has 1 aliphatic heterocycles. The number of unbranched alkanes of at least 4 members (excludes halogenated alkanes) is 1. The summed E-state index contributed by atoms with van der Waals surface area (Å²) in [4.78, 5) is 29.6. The van der Waals surface area contributed by atoms with Gasteiger partial charge in [0, 0.05) is 30.0 Å². The molecule has 0 bridgehead atoms. The standard InChI is InChI=1S/C20H27N5O2.C4H12N2/c21-17-6-11-24(12-7-17)9-1-2-10-25-13-8-19(23-20(25)27)22-18-5-3-4-16(14-18)15-26;1-6-4-2-3-5/h3-5,8,13-15,17H,1-2,6-7,9-12,21H2,(H,22,23,27);6H,2-5H2,1H3. The minimum atomic E-state index is -0.268. The van der Waals surface area contributed by atoms with Gasteiger partial charge in [-0.2, -0.15) is 4.98 Å². The average molecular weight is 458 g/mol. The summed E-state index contributed by atoms with van der Waals surface area (Å²) in [5, 5.41) is 6.05. The number of aromatic nitrogens is 2. The van der Waals surface area contributed by atoms with Crippen LogP contribution >= 0.6 is 0 Å². The van der Waals surface area contributed by atoms with Gasteiger partial charge in [0.05, 0.1) is 0 Å². The molecule has 2 heterocycles. The number of carbonyl (C=O) groups is 1. The second-order valence-corrected chi connectivity index (χ2v) is 8.29. The minimum Gasteiger partial charge on any atom is -0.340 e. The van der Waals surface area contributed by atoms with Crippen molar-refractivity contribution in [3.8, 4) is 0 Å². The number of piperidine rings is 1. The number of nitrogens with two attached hydrogens (primary N) is 2. The lowest BCUT2D eigenvalue weighted by Crippen LogP contribution is -2.40. The first-order valence-corrected chi connectivity index (χ1v) is 11.8. The SMILES string of the molecule is CNCCCN.NC1CCN(CCCCn2ccc(Nc3cccc(C=O)c3)nc2=O)CC1. The zero-order valence-corrected chi connectivity index (χ0v) is 19.7. The topological polar surface area (TPSA) is 131 Å². The number of anilines is 2. The van der Waals surface area contributed by atoms with Crippen molar-refractivity contribution in [3.63, 3.8) is 0 Å². The van der Waals surface area contributed by atoms with Crippen LogP contribution in [-0.4, -0.2) is 66.6 Å². The Bertz CT molecular complexity index is 875. The Hall–Kier alpha value is -2.59. The van der Waals surface area contributed by atoms with Gasteiger partial charge >= 0.3 is 5.69 Å². The van der Waals surface area contributed by atoms with Gasteiger partial charge < -0.3 is 27.0 Å². The number of hydrogen-bond acceptors (Lipinski definition) is 8. The average Bonchev–Trinajstić information content (AvgIpc) is 2.83.